The van der Waals surface area contributed by atoms with Gasteiger partial charge in [0.2, 0.25) is 0 Å². The summed E-state index contributed by atoms with van der Waals surface area (Å²) < 4.78 is 5.51. The molecular weight excluding hydrogens is 264 g/mol. The monoisotopic (exact) mass is 286 g/mol. The Bertz CT molecular complexity index is 399. The number of rotatable bonds is 4. The van der Waals surface area contributed by atoms with Gasteiger partial charge >= 0.3 is 0 Å². The second-order valence-corrected chi connectivity index (χ2v) is 5.37. The van der Waals surface area contributed by atoms with E-state index in [1.807, 2.05) is 39.8 Å². The van der Waals surface area contributed by atoms with Crippen LogP contribution in [0.2, 0.25) is 0 Å². The summed E-state index contributed by atoms with van der Waals surface area (Å²) in [5.74, 6) is -0.181. The summed E-state index contributed by atoms with van der Waals surface area (Å²) in [4.78, 5) is 11.8. The second-order valence-electron chi connectivity index (χ2n) is 5.37. The minimum absolute atomic E-state index is 0. The fourth-order valence-electron chi connectivity index (χ4n) is 1.34. The van der Waals surface area contributed by atoms with Crippen molar-refractivity contribution in [2.75, 3.05) is 6.61 Å². The van der Waals surface area contributed by atoms with Gasteiger partial charge in [0, 0.05) is 5.56 Å². The van der Waals surface area contributed by atoms with Crippen LogP contribution in [0, 0.1) is 6.92 Å². The highest BCUT2D eigenvalue weighted by Gasteiger charge is 2.14. The number of nitrogens with two attached hydrogens (primary N) is 1. The van der Waals surface area contributed by atoms with E-state index in [0.29, 0.717) is 12.2 Å². The molecule has 0 aliphatic rings. The Morgan fingerprint density at radius 2 is 1.84 bits per heavy atom. The lowest BCUT2D eigenvalue weighted by Crippen LogP contribution is -2.46. The molecule has 108 valence electrons. The van der Waals surface area contributed by atoms with Crippen LogP contribution >= 0.6 is 12.4 Å². The molecule has 0 saturated heterocycles. The first-order chi connectivity index (χ1) is 8.28. The number of benzene rings is 1. The van der Waals surface area contributed by atoms with Crippen LogP contribution in [0.25, 0.3) is 0 Å². The fraction of sp³-hybridized carbons (Fsp3) is 0.500. The molecule has 19 heavy (non-hydrogen) atoms. The van der Waals surface area contributed by atoms with Gasteiger partial charge in [0.1, 0.15) is 6.17 Å². The van der Waals surface area contributed by atoms with Crippen LogP contribution in [0.15, 0.2) is 24.3 Å². The SMILES string of the molecule is Cc1ccc(C(=O)N[C@H](N)COC(C)(C)C)cc1.Cl. The number of nitrogens with one attached hydrogen (secondary N) is 1. The van der Waals surface area contributed by atoms with Crippen LogP contribution in [0.1, 0.15) is 36.7 Å². The first-order valence-electron chi connectivity index (χ1n) is 6.05. The number of hydrogen-bond acceptors (Lipinski definition) is 3. The Morgan fingerprint density at radius 1 is 1.32 bits per heavy atom. The van der Waals surface area contributed by atoms with E-state index in [2.05, 4.69) is 5.32 Å². The summed E-state index contributed by atoms with van der Waals surface area (Å²) in [5, 5.41) is 2.70. The molecule has 0 aromatic heterocycles. The van der Waals surface area contributed by atoms with Gasteiger partial charge in [-0.15, -0.1) is 12.4 Å². The highest BCUT2D eigenvalue weighted by molar-refractivity contribution is 5.94. The standard InChI is InChI=1S/C14H22N2O2.ClH/c1-10-5-7-11(8-6-10)13(17)16-12(15)9-18-14(2,3)4;/h5-8,12H,9,15H2,1-4H3,(H,16,17);1H/t12-;/m0./s1. The lowest BCUT2D eigenvalue weighted by molar-refractivity contribution is -0.0132. The normalized spacial score (nSPS) is 12.5. The van der Waals surface area contributed by atoms with Crippen molar-refractivity contribution in [2.24, 2.45) is 5.73 Å². The third-order valence-corrected chi connectivity index (χ3v) is 2.33. The number of halogens is 1. The number of aryl methyl sites for hydroxylation is 1. The van der Waals surface area contributed by atoms with E-state index in [-0.39, 0.29) is 23.9 Å². The Morgan fingerprint density at radius 3 is 2.32 bits per heavy atom. The number of ether oxygens (including phenoxy) is 1. The van der Waals surface area contributed by atoms with Gasteiger partial charge in [-0.05, 0) is 39.8 Å². The zero-order valence-corrected chi connectivity index (χ0v) is 12.7. The molecule has 0 heterocycles. The fourth-order valence-corrected chi connectivity index (χ4v) is 1.34. The maximum atomic E-state index is 11.8. The van der Waals surface area contributed by atoms with Crippen LogP contribution < -0.4 is 11.1 Å². The number of carbonyl (C=O) groups is 1. The molecule has 0 fully saturated rings. The van der Waals surface area contributed by atoms with Crippen molar-refractivity contribution >= 4 is 18.3 Å². The lowest BCUT2D eigenvalue weighted by atomic mass is 10.1. The Balaban J connectivity index is 0.00000324. The van der Waals surface area contributed by atoms with Gasteiger partial charge in [-0.2, -0.15) is 0 Å². The van der Waals surface area contributed by atoms with Gasteiger partial charge in [-0.3, -0.25) is 4.79 Å². The molecule has 0 spiro atoms. The van der Waals surface area contributed by atoms with Gasteiger partial charge in [0.05, 0.1) is 12.2 Å². The van der Waals surface area contributed by atoms with Crippen molar-refractivity contribution in [3.8, 4) is 0 Å². The largest absolute Gasteiger partial charge is 0.372 e. The molecule has 0 saturated carbocycles. The van der Waals surface area contributed by atoms with Crippen molar-refractivity contribution in [1.82, 2.24) is 5.32 Å². The zero-order valence-electron chi connectivity index (χ0n) is 11.9. The van der Waals surface area contributed by atoms with E-state index >= 15 is 0 Å². The second kappa shape index (κ2) is 7.48. The van der Waals surface area contributed by atoms with Crippen LogP contribution in [-0.2, 0) is 4.74 Å². The topological polar surface area (TPSA) is 64.4 Å². The van der Waals surface area contributed by atoms with Gasteiger partial charge in [0.15, 0.2) is 0 Å². The molecule has 1 aromatic carbocycles. The zero-order chi connectivity index (χ0) is 13.8. The number of hydrogen-bond donors (Lipinski definition) is 2. The molecular formula is C14H23ClN2O2. The van der Waals surface area contributed by atoms with Crippen LogP contribution in [0.4, 0.5) is 0 Å². The third kappa shape index (κ3) is 7.15. The van der Waals surface area contributed by atoms with E-state index in [0.717, 1.165) is 5.56 Å². The molecule has 1 atom stereocenters. The summed E-state index contributed by atoms with van der Waals surface area (Å²) in [7, 11) is 0. The van der Waals surface area contributed by atoms with Gasteiger partial charge in [-0.25, -0.2) is 0 Å². The van der Waals surface area contributed by atoms with Crippen molar-refractivity contribution in [1.29, 1.82) is 0 Å². The van der Waals surface area contributed by atoms with Gasteiger partial charge in [-0.1, -0.05) is 17.7 Å². The highest BCUT2D eigenvalue weighted by Crippen LogP contribution is 2.07. The summed E-state index contributed by atoms with van der Waals surface area (Å²) in [6.07, 6.45) is -0.502. The molecule has 4 nitrogen and oxygen atoms in total. The van der Waals surface area contributed by atoms with Crippen LogP contribution in [-0.4, -0.2) is 24.3 Å². The average molecular weight is 287 g/mol. The molecule has 0 aliphatic heterocycles. The summed E-state index contributed by atoms with van der Waals surface area (Å²) >= 11 is 0. The molecule has 1 rings (SSSR count). The van der Waals surface area contributed by atoms with E-state index in [9.17, 15) is 4.79 Å². The predicted octanol–water partition coefficient (Wildman–Crippen LogP) is 2.25. The number of carbonyl (C=O) groups excluding carboxylic acids is 1. The van der Waals surface area contributed by atoms with E-state index < -0.39 is 6.17 Å². The minimum atomic E-state index is -0.502. The van der Waals surface area contributed by atoms with Crippen LogP contribution in [0.5, 0.6) is 0 Å². The Hall–Kier alpha value is -1.10. The maximum Gasteiger partial charge on any atom is 0.252 e. The summed E-state index contributed by atoms with van der Waals surface area (Å²) in [5.41, 5.74) is 7.26. The van der Waals surface area contributed by atoms with Crippen molar-refractivity contribution in [2.45, 2.75) is 39.5 Å². The average Bonchev–Trinajstić information content (AvgIpc) is 2.26. The first kappa shape index (κ1) is 17.9. The molecule has 0 bridgehead atoms. The molecule has 0 unspecified atom stereocenters. The van der Waals surface area contributed by atoms with E-state index in [4.69, 9.17) is 10.5 Å². The summed E-state index contributed by atoms with van der Waals surface area (Å²) in [6, 6.07) is 7.35. The van der Waals surface area contributed by atoms with Gasteiger partial charge < -0.3 is 15.8 Å². The molecule has 0 radical (unpaired) electrons. The van der Waals surface area contributed by atoms with E-state index in [1.54, 1.807) is 12.1 Å². The minimum Gasteiger partial charge on any atom is -0.372 e. The Kier molecular flexibility index (Phi) is 7.05. The molecule has 1 aromatic rings. The van der Waals surface area contributed by atoms with Crippen molar-refractivity contribution < 1.29 is 9.53 Å². The first-order valence-corrected chi connectivity index (χ1v) is 6.05. The summed E-state index contributed by atoms with van der Waals surface area (Å²) in [6.45, 7) is 8.11. The van der Waals surface area contributed by atoms with E-state index in [1.165, 1.54) is 0 Å². The molecule has 0 aliphatic carbocycles. The third-order valence-electron chi connectivity index (χ3n) is 2.33. The molecule has 1 amide bonds. The number of amides is 1. The molecule has 3 N–H and O–H groups in total. The highest BCUT2D eigenvalue weighted by atomic mass is 35.5. The molecule has 5 heteroatoms. The van der Waals surface area contributed by atoms with Crippen LogP contribution in [0.3, 0.4) is 0 Å². The smallest absolute Gasteiger partial charge is 0.252 e. The Labute approximate surface area is 121 Å². The van der Waals surface area contributed by atoms with Crippen molar-refractivity contribution in [3.63, 3.8) is 0 Å². The van der Waals surface area contributed by atoms with Crippen molar-refractivity contribution in [3.05, 3.63) is 35.4 Å². The predicted molar refractivity (Wildman–Crippen MR) is 79.6 cm³/mol. The quantitative estimate of drug-likeness (QED) is 0.835. The van der Waals surface area contributed by atoms with Gasteiger partial charge in [0.25, 0.3) is 5.91 Å². The maximum absolute atomic E-state index is 11.8. The lowest BCUT2D eigenvalue weighted by Gasteiger charge is -2.23.